The maximum Gasteiger partial charge on any atom is 0.161 e. The van der Waals surface area contributed by atoms with Crippen molar-refractivity contribution in [2.75, 3.05) is 26.7 Å². The second-order valence-electron chi connectivity index (χ2n) is 2.56. The number of hydrogen-bond acceptors (Lipinski definition) is 4. The molecule has 0 saturated carbocycles. The number of methoxy groups -OCH3 is 2. The Balaban J connectivity index is 3.20. The summed E-state index contributed by atoms with van der Waals surface area (Å²) in [5, 5.41) is 0. The van der Waals surface area contributed by atoms with Crippen LogP contribution in [0.1, 0.15) is 0 Å². The molecule has 2 nitrogen and oxygen atoms in total. The lowest BCUT2D eigenvalue weighted by Crippen LogP contribution is -1.91. The van der Waals surface area contributed by atoms with Gasteiger partial charge in [0.25, 0.3) is 0 Å². The fourth-order valence-corrected chi connectivity index (χ4v) is 2.63. The molecule has 4 heteroatoms. The highest BCUT2D eigenvalue weighted by Gasteiger charge is 2.09. The van der Waals surface area contributed by atoms with Gasteiger partial charge in [0.1, 0.15) is 0 Å². The molecule has 0 unspecified atom stereocenters. The number of thioether (sulfide) groups is 2. The Bertz CT molecular complexity index is 255. The zero-order valence-electron chi connectivity index (χ0n) is 8.79. The molecule has 1 aromatic carbocycles. The van der Waals surface area contributed by atoms with Crippen molar-refractivity contribution >= 4 is 23.5 Å². The van der Waals surface area contributed by atoms with Crippen LogP contribution >= 0.6 is 23.5 Å². The maximum atomic E-state index is 5.23. The molecule has 0 radical (unpaired) electrons. The zero-order chi connectivity index (χ0) is 10.6. The molecule has 0 spiro atoms. The first-order valence-corrected chi connectivity index (χ1v) is 6.55. The van der Waals surface area contributed by atoms with Gasteiger partial charge in [-0.3, -0.25) is 0 Å². The molecule has 0 aliphatic heterocycles. The third-order valence-corrected chi connectivity index (χ3v) is 3.57. The molecule has 0 aliphatic rings. The van der Waals surface area contributed by atoms with Crippen molar-refractivity contribution in [1.29, 1.82) is 0 Å². The maximum absolute atomic E-state index is 5.23. The molecule has 1 rings (SSSR count). The third-order valence-electron chi connectivity index (χ3n) is 1.89. The van der Waals surface area contributed by atoms with Crippen LogP contribution in [0.4, 0.5) is 0 Å². The van der Waals surface area contributed by atoms with Crippen LogP contribution < -0.4 is 9.47 Å². The van der Waals surface area contributed by atoms with E-state index < -0.39 is 0 Å². The summed E-state index contributed by atoms with van der Waals surface area (Å²) in [5.41, 5.74) is 0. The van der Waals surface area contributed by atoms with Gasteiger partial charge in [-0.25, -0.2) is 0 Å². The summed E-state index contributed by atoms with van der Waals surface area (Å²) < 4.78 is 10.5. The first-order chi connectivity index (χ1) is 6.76. The lowest BCUT2D eigenvalue weighted by Gasteiger charge is -2.11. The standard InChI is InChI=1S/C10H14O2S2/c1-11-7-5-9(13-3)10(14-4)6-8(7)12-2/h5-6H,1-4H3. The van der Waals surface area contributed by atoms with E-state index >= 15 is 0 Å². The monoisotopic (exact) mass is 230 g/mol. The van der Waals surface area contributed by atoms with E-state index in [1.165, 1.54) is 9.79 Å². The van der Waals surface area contributed by atoms with Crippen LogP contribution in [0.15, 0.2) is 21.9 Å². The molecular formula is C10H14O2S2. The van der Waals surface area contributed by atoms with Crippen molar-refractivity contribution < 1.29 is 9.47 Å². The Morgan fingerprint density at radius 1 is 0.857 bits per heavy atom. The van der Waals surface area contributed by atoms with Crippen LogP contribution in [-0.4, -0.2) is 26.7 Å². The van der Waals surface area contributed by atoms with E-state index in [1.807, 2.05) is 12.1 Å². The minimum Gasteiger partial charge on any atom is -0.493 e. The van der Waals surface area contributed by atoms with Crippen molar-refractivity contribution in [2.24, 2.45) is 0 Å². The molecule has 0 fully saturated rings. The molecular weight excluding hydrogens is 216 g/mol. The summed E-state index contributed by atoms with van der Waals surface area (Å²) in [7, 11) is 3.31. The summed E-state index contributed by atoms with van der Waals surface area (Å²) in [4.78, 5) is 2.44. The molecule has 1 aromatic rings. The van der Waals surface area contributed by atoms with Crippen LogP contribution in [0.25, 0.3) is 0 Å². The zero-order valence-corrected chi connectivity index (χ0v) is 10.4. The Labute approximate surface area is 93.4 Å². The van der Waals surface area contributed by atoms with E-state index in [4.69, 9.17) is 9.47 Å². The number of benzene rings is 1. The topological polar surface area (TPSA) is 18.5 Å². The molecule has 0 bridgehead atoms. The van der Waals surface area contributed by atoms with E-state index in [0.717, 1.165) is 11.5 Å². The lowest BCUT2D eigenvalue weighted by molar-refractivity contribution is 0.352. The van der Waals surface area contributed by atoms with E-state index in [-0.39, 0.29) is 0 Å². The van der Waals surface area contributed by atoms with Gasteiger partial charge in [0.15, 0.2) is 11.5 Å². The van der Waals surface area contributed by atoms with Crippen LogP contribution in [0, 0.1) is 0 Å². The van der Waals surface area contributed by atoms with Crippen molar-refractivity contribution in [3.63, 3.8) is 0 Å². The van der Waals surface area contributed by atoms with Gasteiger partial charge in [0.05, 0.1) is 14.2 Å². The molecule has 0 amide bonds. The fraction of sp³-hybridized carbons (Fsp3) is 0.400. The number of hydrogen-bond donors (Lipinski definition) is 0. The molecule has 78 valence electrons. The average molecular weight is 230 g/mol. The summed E-state index contributed by atoms with van der Waals surface area (Å²) in [6, 6.07) is 4.02. The Morgan fingerprint density at radius 2 is 1.21 bits per heavy atom. The summed E-state index contributed by atoms with van der Waals surface area (Å²) in [5.74, 6) is 1.57. The Morgan fingerprint density at radius 3 is 1.43 bits per heavy atom. The number of rotatable bonds is 4. The van der Waals surface area contributed by atoms with E-state index in [9.17, 15) is 0 Å². The second kappa shape index (κ2) is 5.41. The summed E-state index contributed by atoms with van der Waals surface area (Å²) >= 11 is 3.42. The number of ether oxygens (including phenoxy) is 2. The van der Waals surface area contributed by atoms with E-state index in [2.05, 4.69) is 12.5 Å². The van der Waals surface area contributed by atoms with E-state index in [1.54, 1.807) is 37.7 Å². The largest absolute Gasteiger partial charge is 0.493 e. The third kappa shape index (κ3) is 2.30. The van der Waals surface area contributed by atoms with Crippen molar-refractivity contribution in [1.82, 2.24) is 0 Å². The molecule has 0 heterocycles. The van der Waals surface area contributed by atoms with Crippen LogP contribution in [0.2, 0.25) is 0 Å². The summed E-state index contributed by atoms with van der Waals surface area (Å²) in [6.45, 7) is 0. The van der Waals surface area contributed by atoms with Crippen LogP contribution in [-0.2, 0) is 0 Å². The van der Waals surface area contributed by atoms with Gasteiger partial charge in [-0.2, -0.15) is 0 Å². The molecule has 14 heavy (non-hydrogen) atoms. The van der Waals surface area contributed by atoms with Gasteiger partial charge in [0.2, 0.25) is 0 Å². The molecule has 0 atom stereocenters. The van der Waals surface area contributed by atoms with Crippen molar-refractivity contribution in [3.05, 3.63) is 12.1 Å². The molecule has 0 aliphatic carbocycles. The van der Waals surface area contributed by atoms with Gasteiger partial charge in [-0.1, -0.05) is 0 Å². The Hall–Kier alpha value is -0.480. The fourth-order valence-electron chi connectivity index (χ4n) is 1.16. The normalized spacial score (nSPS) is 10.0. The predicted molar refractivity (Wildman–Crippen MR) is 63.1 cm³/mol. The van der Waals surface area contributed by atoms with Gasteiger partial charge in [-0.15, -0.1) is 23.5 Å². The first-order valence-electron chi connectivity index (χ1n) is 4.10. The first kappa shape index (κ1) is 11.6. The van der Waals surface area contributed by atoms with Crippen LogP contribution in [0.3, 0.4) is 0 Å². The Kier molecular flexibility index (Phi) is 4.48. The minimum absolute atomic E-state index is 0.787. The highest BCUT2D eigenvalue weighted by molar-refractivity contribution is 8.01. The molecule has 0 N–H and O–H groups in total. The van der Waals surface area contributed by atoms with Gasteiger partial charge in [-0.05, 0) is 24.6 Å². The SMILES string of the molecule is COc1cc(SC)c(SC)cc1OC. The highest BCUT2D eigenvalue weighted by atomic mass is 32.2. The lowest BCUT2D eigenvalue weighted by atomic mass is 10.3. The van der Waals surface area contributed by atoms with Crippen LogP contribution in [0.5, 0.6) is 11.5 Å². The second-order valence-corrected chi connectivity index (χ2v) is 4.26. The van der Waals surface area contributed by atoms with E-state index in [0.29, 0.717) is 0 Å². The molecule has 0 saturated heterocycles. The quantitative estimate of drug-likeness (QED) is 0.739. The average Bonchev–Trinajstić information content (AvgIpc) is 2.26. The van der Waals surface area contributed by atoms with Gasteiger partial charge >= 0.3 is 0 Å². The molecule has 0 aromatic heterocycles. The van der Waals surface area contributed by atoms with Gasteiger partial charge in [0, 0.05) is 9.79 Å². The van der Waals surface area contributed by atoms with Crippen molar-refractivity contribution in [3.8, 4) is 11.5 Å². The predicted octanol–water partition coefficient (Wildman–Crippen LogP) is 3.15. The highest BCUT2D eigenvalue weighted by Crippen LogP contribution is 2.38. The minimum atomic E-state index is 0.787. The van der Waals surface area contributed by atoms with Gasteiger partial charge < -0.3 is 9.47 Å². The smallest absolute Gasteiger partial charge is 0.161 e. The van der Waals surface area contributed by atoms with Crippen molar-refractivity contribution in [2.45, 2.75) is 9.79 Å². The summed E-state index contributed by atoms with van der Waals surface area (Å²) in [6.07, 6.45) is 4.11.